The summed E-state index contributed by atoms with van der Waals surface area (Å²) in [6.45, 7) is 2.11. The van der Waals surface area contributed by atoms with E-state index in [-0.39, 0.29) is 23.5 Å². The summed E-state index contributed by atoms with van der Waals surface area (Å²) in [5, 5.41) is 4.98. The highest BCUT2D eigenvalue weighted by Crippen LogP contribution is 2.25. The predicted molar refractivity (Wildman–Crippen MR) is 116 cm³/mol. The van der Waals surface area contributed by atoms with Gasteiger partial charge in [0, 0.05) is 13.1 Å². The molecular formula is C22H26FN3O5S. The number of rotatable bonds is 7. The first-order valence-corrected chi connectivity index (χ1v) is 11.7. The zero-order valence-corrected chi connectivity index (χ0v) is 18.5. The normalized spacial score (nSPS) is 17.0. The SMILES string of the molecule is Cc1cc(F)ccc1S(=O)(=O)N1CCCO[C@@H]1CNC(=O)C(=O)NCCc1ccccc1. The molecule has 8 nitrogen and oxygen atoms in total. The van der Waals surface area contributed by atoms with Gasteiger partial charge < -0.3 is 15.4 Å². The standard InChI is InChI=1S/C22H26FN3O5S/c1-16-14-18(23)8-9-19(16)32(29,30)26-12-5-13-31-20(26)15-25-22(28)21(27)24-11-10-17-6-3-2-4-7-17/h2-4,6-9,14,20H,5,10-13,15H2,1H3,(H,24,27)(H,25,28)/t20-/m1/s1. The van der Waals surface area contributed by atoms with Crippen LogP contribution in [0.4, 0.5) is 4.39 Å². The van der Waals surface area contributed by atoms with Crippen LogP contribution in [0.1, 0.15) is 17.5 Å². The van der Waals surface area contributed by atoms with Crippen LogP contribution < -0.4 is 10.6 Å². The second-order valence-corrected chi connectivity index (χ2v) is 9.27. The van der Waals surface area contributed by atoms with Crippen LogP contribution >= 0.6 is 0 Å². The molecule has 2 amide bonds. The topological polar surface area (TPSA) is 105 Å². The van der Waals surface area contributed by atoms with Crippen molar-refractivity contribution in [2.24, 2.45) is 0 Å². The highest BCUT2D eigenvalue weighted by Gasteiger charge is 2.35. The number of carbonyl (C=O) groups excluding carboxylic acids is 2. The Morgan fingerprint density at radius 2 is 1.84 bits per heavy atom. The van der Waals surface area contributed by atoms with Gasteiger partial charge in [0.1, 0.15) is 12.0 Å². The lowest BCUT2D eigenvalue weighted by atomic mass is 10.1. The van der Waals surface area contributed by atoms with E-state index in [1.54, 1.807) is 0 Å². The van der Waals surface area contributed by atoms with Crippen LogP contribution in [0.5, 0.6) is 0 Å². The Bertz CT molecular complexity index is 1060. The number of nitrogens with zero attached hydrogens (tertiary/aromatic N) is 1. The summed E-state index contributed by atoms with van der Waals surface area (Å²) in [5.41, 5.74) is 1.30. The number of amides is 2. The minimum absolute atomic E-state index is 0.0284. The van der Waals surface area contributed by atoms with Crippen LogP contribution in [0.15, 0.2) is 53.4 Å². The van der Waals surface area contributed by atoms with Gasteiger partial charge in [-0.15, -0.1) is 0 Å². The van der Waals surface area contributed by atoms with Crippen molar-refractivity contribution in [3.05, 3.63) is 65.5 Å². The van der Waals surface area contributed by atoms with E-state index in [1.165, 1.54) is 13.0 Å². The minimum Gasteiger partial charge on any atom is -0.360 e. The molecule has 10 heteroatoms. The average molecular weight is 464 g/mol. The van der Waals surface area contributed by atoms with Crippen molar-refractivity contribution < 1.29 is 27.1 Å². The molecule has 3 rings (SSSR count). The molecule has 0 unspecified atom stereocenters. The first-order chi connectivity index (χ1) is 15.3. The van der Waals surface area contributed by atoms with Crippen LogP contribution in [0.25, 0.3) is 0 Å². The van der Waals surface area contributed by atoms with Crippen LogP contribution in [-0.2, 0) is 30.8 Å². The van der Waals surface area contributed by atoms with Gasteiger partial charge in [-0.05, 0) is 49.1 Å². The van der Waals surface area contributed by atoms with E-state index in [2.05, 4.69) is 10.6 Å². The Labute approximate surface area is 186 Å². The fourth-order valence-electron chi connectivity index (χ4n) is 3.44. The molecule has 0 bridgehead atoms. The zero-order valence-electron chi connectivity index (χ0n) is 17.7. The van der Waals surface area contributed by atoms with Crippen LogP contribution in [0, 0.1) is 12.7 Å². The Hall–Kier alpha value is -2.82. The second kappa shape index (κ2) is 10.7. The molecule has 1 fully saturated rings. The third-order valence-corrected chi connectivity index (χ3v) is 7.11. The monoisotopic (exact) mass is 463 g/mol. The van der Waals surface area contributed by atoms with Crippen molar-refractivity contribution in [2.45, 2.75) is 30.9 Å². The lowest BCUT2D eigenvalue weighted by Crippen LogP contribution is -2.53. The van der Waals surface area contributed by atoms with Gasteiger partial charge in [-0.25, -0.2) is 12.8 Å². The Morgan fingerprint density at radius 1 is 1.12 bits per heavy atom. The molecule has 1 atom stereocenters. The molecule has 2 N–H and O–H groups in total. The maximum Gasteiger partial charge on any atom is 0.309 e. The molecule has 0 aromatic heterocycles. The van der Waals surface area contributed by atoms with E-state index < -0.39 is 33.9 Å². The summed E-state index contributed by atoms with van der Waals surface area (Å²) < 4.78 is 46.3. The number of benzene rings is 2. The van der Waals surface area contributed by atoms with Gasteiger partial charge in [0.25, 0.3) is 0 Å². The van der Waals surface area contributed by atoms with E-state index in [9.17, 15) is 22.4 Å². The number of hydrogen-bond acceptors (Lipinski definition) is 5. The predicted octanol–water partition coefficient (Wildman–Crippen LogP) is 1.35. The Balaban J connectivity index is 1.57. The maximum atomic E-state index is 13.4. The Kier molecular flexibility index (Phi) is 7.94. The fraction of sp³-hybridized carbons (Fsp3) is 0.364. The van der Waals surface area contributed by atoms with E-state index in [4.69, 9.17) is 4.74 Å². The number of ether oxygens (including phenoxy) is 1. The third-order valence-electron chi connectivity index (χ3n) is 5.06. The number of sulfonamides is 1. The average Bonchev–Trinajstić information content (AvgIpc) is 2.78. The van der Waals surface area contributed by atoms with Gasteiger partial charge >= 0.3 is 11.8 Å². The van der Waals surface area contributed by atoms with Gasteiger partial charge in [0.15, 0.2) is 0 Å². The summed E-state index contributed by atoms with van der Waals surface area (Å²) in [5.74, 6) is -2.21. The smallest absolute Gasteiger partial charge is 0.309 e. The molecule has 1 aliphatic rings. The fourth-order valence-corrected chi connectivity index (χ4v) is 5.21. The first kappa shape index (κ1) is 23.8. The second-order valence-electron chi connectivity index (χ2n) is 7.41. The van der Waals surface area contributed by atoms with Gasteiger partial charge in [-0.1, -0.05) is 30.3 Å². The third kappa shape index (κ3) is 5.90. The molecule has 32 heavy (non-hydrogen) atoms. The van der Waals surface area contributed by atoms with Crippen LogP contribution in [0.3, 0.4) is 0 Å². The van der Waals surface area contributed by atoms with Gasteiger partial charge in [-0.2, -0.15) is 4.31 Å². The highest BCUT2D eigenvalue weighted by atomic mass is 32.2. The maximum absolute atomic E-state index is 13.4. The van der Waals surface area contributed by atoms with E-state index in [0.717, 1.165) is 22.0 Å². The number of nitrogens with one attached hydrogen (secondary N) is 2. The summed E-state index contributed by atoms with van der Waals surface area (Å²) in [4.78, 5) is 24.2. The quantitative estimate of drug-likeness (QED) is 0.603. The van der Waals surface area contributed by atoms with Crippen molar-refractivity contribution in [3.8, 4) is 0 Å². The van der Waals surface area contributed by atoms with Gasteiger partial charge in [0.2, 0.25) is 10.0 Å². The molecular weight excluding hydrogens is 437 g/mol. The lowest BCUT2D eigenvalue weighted by molar-refractivity contribution is -0.140. The van der Waals surface area contributed by atoms with Crippen molar-refractivity contribution in [2.75, 3.05) is 26.2 Å². The van der Waals surface area contributed by atoms with E-state index >= 15 is 0 Å². The van der Waals surface area contributed by atoms with Crippen molar-refractivity contribution in [3.63, 3.8) is 0 Å². The summed E-state index contributed by atoms with van der Waals surface area (Å²) in [6.07, 6.45) is 0.0812. The highest BCUT2D eigenvalue weighted by molar-refractivity contribution is 7.89. The largest absolute Gasteiger partial charge is 0.360 e. The van der Waals surface area contributed by atoms with Crippen LogP contribution in [-0.4, -0.2) is 57.0 Å². The van der Waals surface area contributed by atoms with Crippen molar-refractivity contribution in [1.29, 1.82) is 0 Å². The molecule has 1 aliphatic heterocycles. The molecule has 0 spiro atoms. The van der Waals surface area contributed by atoms with Crippen molar-refractivity contribution >= 4 is 21.8 Å². The molecule has 0 radical (unpaired) electrons. The molecule has 1 heterocycles. The van der Waals surface area contributed by atoms with Crippen LogP contribution in [0.2, 0.25) is 0 Å². The number of hydrogen-bond donors (Lipinski definition) is 2. The molecule has 2 aromatic carbocycles. The summed E-state index contributed by atoms with van der Waals surface area (Å²) in [7, 11) is -3.98. The van der Waals surface area contributed by atoms with E-state index in [0.29, 0.717) is 26.0 Å². The van der Waals surface area contributed by atoms with E-state index in [1.807, 2.05) is 30.3 Å². The van der Waals surface area contributed by atoms with Crippen molar-refractivity contribution in [1.82, 2.24) is 14.9 Å². The molecule has 172 valence electrons. The molecule has 2 aromatic rings. The molecule has 0 saturated carbocycles. The summed E-state index contributed by atoms with van der Waals surface area (Å²) >= 11 is 0. The molecule has 1 saturated heterocycles. The minimum atomic E-state index is -3.98. The lowest BCUT2D eigenvalue weighted by Gasteiger charge is -2.34. The van der Waals surface area contributed by atoms with Gasteiger partial charge in [-0.3, -0.25) is 9.59 Å². The zero-order chi connectivity index (χ0) is 23.1. The number of carbonyl (C=O) groups is 2. The Morgan fingerprint density at radius 3 is 2.56 bits per heavy atom. The first-order valence-electron chi connectivity index (χ1n) is 10.3. The van der Waals surface area contributed by atoms with Gasteiger partial charge in [0.05, 0.1) is 18.0 Å². The molecule has 0 aliphatic carbocycles. The summed E-state index contributed by atoms with van der Waals surface area (Å²) in [6, 6.07) is 13.0. The number of aryl methyl sites for hydroxylation is 1. The number of halogens is 1.